The van der Waals surface area contributed by atoms with Crippen LogP contribution in [0.1, 0.15) is 322 Å². The normalized spacial score (nSPS) is 18.6. The highest BCUT2D eigenvalue weighted by Gasteiger charge is 2.44. The zero-order chi connectivity index (χ0) is 62.8. The minimum atomic E-state index is -1.58. The first-order valence-electron chi connectivity index (χ1n) is 36.6. The van der Waals surface area contributed by atoms with Gasteiger partial charge >= 0.3 is 0 Å². The standard InChI is InChI=1S/C78H137NO8/c1-3-5-7-9-11-13-15-17-19-21-23-25-27-29-31-32-33-34-35-36-37-38-39-40-42-44-46-48-50-52-54-56-58-60-62-64-66-68-74(82)79-71(70-86-78-77(85)76(84)75(83)73(69-80)87-78)72(81)67-65-63-61-59-57-55-53-51-49-47-45-43-41-30-28-26-24-22-20-18-16-14-12-10-8-6-4-2/h5,7,11,13,17,19,23,25,29,31,33-34,49,51,57,59,65,67,71-73,75-78,80-81,83-85H,3-4,6,8-10,12,14-16,18,20-22,24,26-28,30,32,35-48,50,52-56,58,60-64,66,68-70H2,1-2H3,(H,79,82)/b7-5-,13-11-,19-17-,25-23-,31-29-,34-33-,51-49+,59-57+,67-65+. The number of nitrogens with one attached hydrogen (secondary N) is 1. The first-order valence-corrected chi connectivity index (χ1v) is 36.6. The van der Waals surface area contributed by atoms with E-state index in [1.807, 2.05) is 6.08 Å². The summed E-state index contributed by atoms with van der Waals surface area (Å²) < 4.78 is 11.3. The van der Waals surface area contributed by atoms with Crippen LogP contribution in [-0.2, 0) is 14.3 Å². The maximum atomic E-state index is 13.1. The summed E-state index contributed by atoms with van der Waals surface area (Å²) in [5.41, 5.74) is 0. The topological polar surface area (TPSA) is 149 Å². The molecule has 0 aromatic rings. The Labute approximate surface area is 536 Å². The summed E-state index contributed by atoms with van der Waals surface area (Å²) in [6, 6.07) is -0.835. The van der Waals surface area contributed by atoms with Gasteiger partial charge in [-0.3, -0.25) is 4.79 Å². The molecule has 1 amide bonds. The van der Waals surface area contributed by atoms with Gasteiger partial charge in [-0.1, -0.05) is 329 Å². The second-order valence-corrected chi connectivity index (χ2v) is 25.0. The van der Waals surface area contributed by atoms with Crippen LogP contribution >= 0.6 is 0 Å². The molecule has 87 heavy (non-hydrogen) atoms. The Balaban J connectivity index is 2.13. The summed E-state index contributed by atoms with van der Waals surface area (Å²) in [6.45, 7) is 3.67. The Morgan fingerprint density at radius 3 is 1.10 bits per heavy atom. The van der Waals surface area contributed by atoms with E-state index in [9.17, 15) is 30.3 Å². The zero-order valence-corrected chi connectivity index (χ0v) is 56.2. The van der Waals surface area contributed by atoms with E-state index in [-0.39, 0.29) is 12.5 Å². The number of ether oxygens (including phenoxy) is 2. The van der Waals surface area contributed by atoms with E-state index in [1.165, 1.54) is 218 Å². The van der Waals surface area contributed by atoms with Crippen LogP contribution in [0, 0.1) is 0 Å². The molecule has 0 aliphatic carbocycles. The van der Waals surface area contributed by atoms with Gasteiger partial charge in [-0.15, -0.1) is 0 Å². The van der Waals surface area contributed by atoms with Crippen molar-refractivity contribution in [2.45, 2.75) is 365 Å². The Bertz CT molecular complexity index is 1750. The van der Waals surface area contributed by atoms with Crippen molar-refractivity contribution in [1.29, 1.82) is 0 Å². The average Bonchev–Trinajstić information content (AvgIpc) is 3.37. The number of aliphatic hydroxyl groups is 5. The molecule has 1 aliphatic rings. The van der Waals surface area contributed by atoms with Gasteiger partial charge in [0.05, 0.1) is 25.4 Å². The van der Waals surface area contributed by atoms with Gasteiger partial charge in [0.25, 0.3) is 0 Å². The molecule has 0 aromatic heterocycles. The molecule has 1 heterocycles. The molecule has 502 valence electrons. The van der Waals surface area contributed by atoms with Crippen LogP contribution in [0.4, 0.5) is 0 Å². The van der Waals surface area contributed by atoms with Crippen LogP contribution in [0.3, 0.4) is 0 Å². The monoisotopic (exact) mass is 1220 g/mol. The van der Waals surface area contributed by atoms with Crippen LogP contribution < -0.4 is 5.32 Å². The van der Waals surface area contributed by atoms with Crippen molar-refractivity contribution in [3.05, 3.63) is 109 Å². The van der Waals surface area contributed by atoms with Gasteiger partial charge in [0.1, 0.15) is 24.4 Å². The van der Waals surface area contributed by atoms with Gasteiger partial charge in [0, 0.05) is 6.42 Å². The summed E-state index contributed by atoms with van der Waals surface area (Å²) in [4.78, 5) is 13.1. The van der Waals surface area contributed by atoms with Gasteiger partial charge in [0.2, 0.25) is 5.91 Å². The lowest BCUT2D eigenvalue weighted by Crippen LogP contribution is -2.60. The number of allylic oxidation sites excluding steroid dienone is 17. The first kappa shape index (κ1) is 81.9. The molecule has 1 fully saturated rings. The highest BCUT2D eigenvalue weighted by molar-refractivity contribution is 5.76. The molecule has 9 heteroatoms. The molecule has 1 rings (SSSR count). The van der Waals surface area contributed by atoms with Crippen LogP contribution in [0.25, 0.3) is 0 Å². The van der Waals surface area contributed by atoms with E-state index in [4.69, 9.17) is 9.47 Å². The fourth-order valence-corrected chi connectivity index (χ4v) is 11.1. The molecule has 1 saturated heterocycles. The van der Waals surface area contributed by atoms with Crippen LogP contribution in [-0.4, -0.2) is 87.5 Å². The molecular weight excluding hydrogens is 1080 g/mol. The van der Waals surface area contributed by atoms with Crippen molar-refractivity contribution in [3.8, 4) is 0 Å². The second kappa shape index (κ2) is 65.8. The van der Waals surface area contributed by atoms with E-state index >= 15 is 0 Å². The molecule has 7 atom stereocenters. The van der Waals surface area contributed by atoms with Crippen molar-refractivity contribution < 1.29 is 39.8 Å². The number of unbranched alkanes of at least 4 members (excludes halogenated alkanes) is 37. The zero-order valence-electron chi connectivity index (χ0n) is 56.2. The van der Waals surface area contributed by atoms with Crippen molar-refractivity contribution >= 4 is 5.91 Å². The second-order valence-electron chi connectivity index (χ2n) is 25.0. The largest absolute Gasteiger partial charge is 0.394 e. The summed E-state index contributed by atoms with van der Waals surface area (Å²) in [7, 11) is 0. The maximum Gasteiger partial charge on any atom is 0.220 e. The van der Waals surface area contributed by atoms with Crippen molar-refractivity contribution in [1.82, 2.24) is 5.32 Å². The summed E-state index contributed by atoms with van der Waals surface area (Å²) in [5.74, 6) is -0.189. The number of aliphatic hydroxyl groups excluding tert-OH is 5. The van der Waals surface area contributed by atoms with Crippen LogP contribution in [0.5, 0.6) is 0 Å². The molecule has 9 nitrogen and oxygen atoms in total. The van der Waals surface area contributed by atoms with Gasteiger partial charge in [0.15, 0.2) is 6.29 Å². The molecule has 0 radical (unpaired) electrons. The average molecular weight is 1220 g/mol. The third-order valence-corrected chi connectivity index (χ3v) is 16.8. The smallest absolute Gasteiger partial charge is 0.220 e. The minimum absolute atomic E-state index is 0.189. The maximum absolute atomic E-state index is 13.1. The van der Waals surface area contributed by atoms with E-state index in [0.29, 0.717) is 6.42 Å². The molecule has 6 N–H and O–H groups in total. The SMILES string of the molecule is CC/C=C\C/C=C\C/C=C\C/C=C\C/C=C\C/C=C\CCCCCCCCCCCCCCCCCCCCC(=O)NC(COC1OC(CO)C(O)C(O)C1O)C(O)/C=C/CC/C=C/CC/C=C/CCCCCCCCCCCCCCCCCCC. The van der Waals surface area contributed by atoms with E-state index < -0.39 is 49.5 Å². The predicted octanol–water partition coefficient (Wildman–Crippen LogP) is 20.4. The number of rotatable bonds is 63. The number of amides is 1. The lowest BCUT2D eigenvalue weighted by Gasteiger charge is -2.40. The van der Waals surface area contributed by atoms with Gasteiger partial charge in [-0.05, 0) is 96.3 Å². The Hall–Kier alpha value is -3.15. The Morgan fingerprint density at radius 1 is 0.402 bits per heavy atom. The highest BCUT2D eigenvalue weighted by Crippen LogP contribution is 2.23. The molecule has 7 unspecified atom stereocenters. The summed E-state index contributed by atoms with van der Waals surface area (Å²) in [5, 5.41) is 54.8. The number of hydrogen-bond acceptors (Lipinski definition) is 8. The van der Waals surface area contributed by atoms with Crippen molar-refractivity contribution in [2.75, 3.05) is 13.2 Å². The number of carbonyl (C=O) groups excluding carboxylic acids is 1. The quantitative estimate of drug-likeness (QED) is 0.0261. The van der Waals surface area contributed by atoms with E-state index in [0.717, 1.165) is 83.5 Å². The predicted molar refractivity (Wildman–Crippen MR) is 373 cm³/mol. The lowest BCUT2D eigenvalue weighted by atomic mass is 9.99. The van der Waals surface area contributed by atoms with E-state index in [2.05, 4.69) is 116 Å². The highest BCUT2D eigenvalue weighted by atomic mass is 16.7. The summed E-state index contributed by atoms with van der Waals surface area (Å²) in [6.07, 6.45) is 90.6. The van der Waals surface area contributed by atoms with Crippen LogP contribution in [0.2, 0.25) is 0 Å². The summed E-state index contributed by atoms with van der Waals surface area (Å²) >= 11 is 0. The fraction of sp³-hybridized carbons (Fsp3) is 0.756. The third kappa shape index (κ3) is 54.3. The Morgan fingerprint density at radius 2 is 0.724 bits per heavy atom. The minimum Gasteiger partial charge on any atom is -0.394 e. The lowest BCUT2D eigenvalue weighted by molar-refractivity contribution is -0.302. The molecule has 0 spiro atoms. The van der Waals surface area contributed by atoms with Crippen LogP contribution in [0.15, 0.2) is 109 Å². The molecule has 1 aliphatic heterocycles. The van der Waals surface area contributed by atoms with Crippen molar-refractivity contribution in [2.24, 2.45) is 0 Å². The molecule has 0 aromatic carbocycles. The van der Waals surface area contributed by atoms with Crippen molar-refractivity contribution in [3.63, 3.8) is 0 Å². The number of hydrogen-bond donors (Lipinski definition) is 6. The fourth-order valence-electron chi connectivity index (χ4n) is 11.1. The third-order valence-electron chi connectivity index (χ3n) is 16.8. The molecule has 0 bridgehead atoms. The van der Waals surface area contributed by atoms with Gasteiger partial charge in [-0.25, -0.2) is 0 Å². The molecular formula is C78H137NO8. The first-order chi connectivity index (χ1) is 42.8. The number of carbonyl (C=O) groups is 1. The molecule has 0 saturated carbocycles. The van der Waals surface area contributed by atoms with Gasteiger partial charge < -0.3 is 40.3 Å². The Kier molecular flexibility index (Phi) is 61.9. The van der Waals surface area contributed by atoms with Gasteiger partial charge in [-0.2, -0.15) is 0 Å². The van der Waals surface area contributed by atoms with E-state index in [1.54, 1.807) is 6.08 Å².